The van der Waals surface area contributed by atoms with Crippen LogP contribution in [0.15, 0.2) is 146 Å². The lowest BCUT2D eigenvalue weighted by Gasteiger charge is -2.34. The molecule has 2 aliphatic carbocycles. The summed E-state index contributed by atoms with van der Waals surface area (Å²) in [6, 6.07) is 54.2. The van der Waals surface area contributed by atoms with E-state index in [0.29, 0.717) is 0 Å². The standard InChI is InChI=1S/C41H32/c1-40(2)35-19-9-8-18-34(35)39-29(13-12-22-38(39)40)27-28-23-25-31(26-24-28)41(30-14-4-3-5-15-30)36-20-10-6-16-32(36)33-17-7-11-21-37(33)41/h3-26H,27H2,1-2H3. The lowest BCUT2D eigenvalue weighted by Crippen LogP contribution is -2.28. The first-order valence-electron chi connectivity index (χ1n) is 14.7. The summed E-state index contributed by atoms with van der Waals surface area (Å²) in [5.74, 6) is 0. The Hall–Kier alpha value is -4.68. The predicted molar refractivity (Wildman–Crippen MR) is 171 cm³/mol. The molecule has 41 heavy (non-hydrogen) atoms. The molecule has 0 bridgehead atoms. The molecule has 0 aromatic heterocycles. The Kier molecular flexibility index (Phi) is 5.25. The molecule has 0 fully saturated rings. The number of benzene rings is 6. The fraction of sp³-hybridized carbons (Fsp3) is 0.122. The maximum Gasteiger partial charge on any atom is 0.0713 e. The molecule has 0 radical (unpaired) electrons. The molecule has 0 amide bonds. The van der Waals surface area contributed by atoms with Gasteiger partial charge in [0.1, 0.15) is 0 Å². The average Bonchev–Trinajstić information content (AvgIpc) is 3.46. The highest BCUT2D eigenvalue weighted by Crippen LogP contribution is 2.56. The summed E-state index contributed by atoms with van der Waals surface area (Å²) in [6.45, 7) is 4.72. The van der Waals surface area contributed by atoms with E-state index in [2.05, 4.69) is 159 Å². The van der Waals surface area contributed by atoms with Gasteiger partial charge in [0, 0.05) is 5.41 Å². The fourth-order valence-electron chi connectivity index (χ4n) is 7.78. The van der Waals surface area contributed by atoms with Crippen LogP contribution in [0.3, 0.4) is 0 Å². The van der Waals surface area contributed by atoms with E-state index in [0.717, 1.165) is 6.42 Å². The van der Waals surface area contributed by atoms with Gasteiger partial charge in [0.15, 0.2) is 0 Å². The minimum Gasteiger partial charge on any atom is -0.0622 e. The number of hydrogen-bond donors (Lipinski definition) is 0. The van der Waals surface area contributed by atoms with E-state index in [4.69, 9.17) is 0 Å². The third-order valence-electron chi connectivity index (χ3n) is 9.63. The van der Waals surface area contributed by atoms with Crippen LogP contribution in [0, 0.1) is 0 Å². The normalized spacial score (nSPS) is 15.1. The zero-order valence-electron chi connectivity index (χ0n) is 23.6. The van der Waals surface area contributed by atoms with Gasteiger partial charge in [-0.3, -0.25) is 0 Å². The lowest BCUT2D eigenvalue weighted by atomic mass is 9.67. The SMILES string of the molecule is CC1(C)c2ccccc2-c2c(Cc3ccc(C4(c5ccccc5)c5ccccc5-c5ccccc54)cc3)cccc21. The van der Waals surface area contributed by atoms with Gasteiger partial charge >= 0.3 is 0 Å². The Labute approximate surface area is 243 Å². The molecule has 2 aliphatic rings. The quantitative estimate of drug-likeness (QED) is 0.215. The molecule has 0 saturated carbocycles. The van der Waals surface area contributed by atoms with Crippen molar-refractivity contribution in [2.45, 2.75) is 31.1 Å². The highest BCUT2D eigenvalue weighted by Gasteiger charge is 2.45. The predicted octanol–water partition coefficient (Wildman–Crippen LogP) is 9.95. The molecule has 8 rings (SSSR count). The Balaban J connectivity index is 1.26. The van der Waals surface area contributed by atoms with Crippen molar-refractivity contribution in [2.24, 2.45) is 0 Å². The summed E-state index contributed by atoms with van der Waals surface area (Å²) >= 11 is 0. The molecule has 0 nitrogen and oxygen atoms in total. The topological polar surface area (TPSA) is 0 Å². The first kappa shape index (κ1) is 24.1. The Bertz CT molecular complexity index is 1880. The lowest BCUT2D eigenvalue weighted by molar-refractivity contribution is 0.660. The van der Waals surface area contributed by atoms with Crippen LogP contribution in [0.2, 0.25) is 0 Å². The molecule has 0 saturated heterocycles. The second-order valence-electron chi connectivity index (χ2n) is 12.1. The number of rotatable bonds is 4. The molecule has 0 unspecified atom stereocenters. The summed E-state index contributed by atoms with van der Waals surface area (Å²) < 4.78 is 0. The van der Waals surface area contributed by atoms with Crippen LogP contribution in [0.5, 0.6) is 0 Å². The van der Waals surface area contributed by atoms with Crippen molar-refractivity contribution in [3.8, 4) is 22.3 Å². The molecule has 196 valence electrons. The van der Waals surface area contributed by atoms with Gasteiger partial charge in [0.05, 0.1) is 5.41 Å². The Morgan fingerprint density at radius 2 is 0.927 bits per heavy atom. The van der Waals surface area contributed by atoms with Gasteiger partial charge in [-0.2, -0.15) is 0 Å². The maximum absolute atomic E-state index is 2.38. The molecule has 0 aliphatic heterocycles. The minimum atomic E-state index is -0.343. The zero-order chi connectivity index (χ0) is 27.6. The largest absolute Gasteiger partial charge is 0.0713 e. The van der Waals surface area contributed by atoms with Crippen LogP contribution in [0.25, 0.3) is 22.3 Å². The van der Waals surface area contributed by atoms with Crippen molar-refractivity contribution < 1.29 is 0 Å². The van der Waals surface area contributed by atoms with E-state index >= 15 is 0 Å². The number of fused-ring (bicyclic) bond motifs is 6. The van der Waals surface area contributed by atoms with Crippen LogP contribution in [0.1, 0.15) is 58.4 Å². The van der Waals surface area contributed by atoms with Crippen LogP contribution >= 0.6 is 0 Å². The minimum absolute atomic E-state index is 0.0249. The molecular weight excluding hydrogens is 492 g/mol. The molecule has 0 heteroatoms. The first-order valence-corrected chi connectivity index (χ1v) is 14.7. The van der Waals surface area contributed by atoms with Crippen LogP contribution in [-0.4, -0.2) is 0 Å². The molecule has 0 N–H and O–H groups in total. The second kappa shape index (κ2) is 8.91. The van der Waals surface area contributed by atoms with E-state index in [9.17, 15) is 0 Å². The van der Waals surface area contributed by atoms with E-state index < -0.39 is 0 Å². The summed E-state index contributed by atoms with van der Waals surface area (Å²) in [5.41, 5.74) is 16.1. The average molecular weight is 525 g/mol. The molecule has 6 aromatic carbocycles. The van der Waals surface area contributed by atoms with Crippen molar-refractivity contribution in [3.05, 3.63) is 190 Å². The molecule has 0 spiro atoms. The van der Waals surface area contributed by atoms with Gasteiger partial charge in [-0.1, -0.05) is 159 Å². The van der Waals surface area contributed by atoms with E-state index in [1.165, 1.54) is 66.8 Å². The van der Waals surface area contributed by atoms with Crippen molar-refractivity contribution in [3.63, 3.8) is 0 Å². The van der Waals surface area contributed by atoms with E-state index in [-0.39, 0.29) is 10.8 Å². The van der Waals surface area contributed by atoms with E-state index in [1.54, 1.807) is 0 Å². The summed E-state index contributed by atoms with van der Waals surface area (Å²) in [7, 11) is 0. The zero-order valence-corrected chi connectivity index (χ0v) is 23.6. The van der Waals surface area contributed by atoms with Crippen LogP contribution in [0.4, 0.5) is 0 Å². The van der Waals surface area contributed by atoms with Gasteiger partial charge in [0.25, 0.3) is 0 Å². The molecule has 0 heterocycles. The van der Waals surface area contributed by atoms with Crippen molar-refractivity contribution >= 4 is 0 Å². The Morgan fingerprint density at radius 1 is 0.415 bits per heavy atom. The Morgan fingerprint density at radius 3 is 1.59 bits per heavy atom. The summed E-state index contributed by atoms with van der Waals surface area (Å²) in [5, 5.41) is 0. The first-order chi connectivity index (χ1) is 20.1. The van der Waals surface area contributed by atoms with Crippen molar-refractivity contribution in [2.75, 3.05) is 0 Å². The fourth-order valence-corrected chi connectivity index (χ4v) is 7.78. The van der Waals surface area contributed by atoms with Gasteiger partial charge < -0.3 is 0 Å². The van der Waals surface area contributed by atoms with Gasteiger partial charge in [-0.25, -0.2) is 0 Å². The third-order valence-corrected chi connectivity index (χ3v) is 9.63. The van der Waals surface area contributed by atoms with Gasteiger partial charge in [0.2, 0.25) is 0 Å². The molecular formula is C41H32. The molecule has 0 atom stereocenters. The van der Waals surface area contributed by atoms with Gasteiger partial charge in [-0.15, -0.1) is 0 Å². The monoisotopic (exact) mass is 524 g/mol. The summed E-state index contributed by atoms with van der Waals surface area (Å²) in [4.78, 5) is 0. The van der Waals surface area contributed by atoms with Crippen molar-refractivity contribution in [1.82, 2.24) is 0 Å². The molecule has 6 aromatic rings. The third kappa shape index (κ3) is 3.34. The smallest absolute Gasteiger partial charge is 0.0622 e. The van der Waals surface area contributed by atoms with Crippen LogP contribution < -0.4 is 0 Å². The number of hydrogen-bond acceptors (Lipinski definition) is 0. The highest BCUT2D eigenvalue weighted by molar-refractivity contribution is 5.86. The second-order valence-corrected chi connectivity index (χ2v) is 12.1. The highest BCUT2D eigenvalue weighted by atomic mass is 14.5. The summed E-state index contributed by atoms with van der Waals surface area (Å²) in [6.07, 6.45) is 0.916. The van der Waals surface area contributed by atoms with Gasteiger partial charge in [-0.05, 0) is 73.2 Å². The maximum atomic E-state index is 2.38. The van der Waals surface area contributed by atoms with Crippen molar-refractivity contribution in [1.29, 1.82) is 0 Å². The van der Waals surface area contributed by atoms with Crippen LogP contribution in [-0.2, 0) is 17.3 Å². The van der Waals surface area contributed by atoms with E-state index in [1.807, 2.05) is 0 Å².